The lowest BCUT2D eigenvalue weighted by Crippen LogP contribution is -2.63. The highest BCUT2D eigenvalue weighted by molar-refractivity contribution is 4.98. The molecule has 0 amide bonds. The van der Waals surface area contributed by atoms with E-state index in [1.807, 2.05) is 0 Å². The lowest BCUT2D eigenvalue weighted by molar-refractivity contribution is 0.0431. The molecule has 88 valence electrons. The Bertz CT molecular complexity index is 221. The molecule has 0 aromatic heterocycles. The molecular formula is C13H26N2. The summed E-state index contributed by atoms with van der Waals surface area (Å²) >= 11 is 0. The van der Waals surface area contributed by atoms with Crippen LogP contribution < -0.4 is 5.32 Å². The Labute approximate surface area is 94.4 Å². The van der Waals surface area contributed by atoms with Crippen molar-refractivity contribution >= 4 is 0 Å². The summed E-state index contributed by atoms with van der Waals surface area (Å²) in [4.78, 5) is 2.75. The first-order chi connectivity index (χ1) is 7.08. The van der Waals surface area contributed by atoms with Gasteiger partial charge in [-0.05, 0) is 33.1 Å². The third kappa shape index (κ3) is 2.21. The van der Waals surface area contributed by atoms with Gasteiger partial charge in [0.2, 0.25) is 0 Å². The molecule has 2 rings (SSSR count). The van der Waals surface area contributed by atoms with E-state index in [1.165, 1.54) is 51.7 Å². The molecule has 1 saturated heterocycles. The van der Waals surface area contributed by atoms with Crippen molar-refractivity contribution in [1.29, 1.82) is 0 Å². The molecule has 1 atom stereocenters. The summed E-state index contributed by atoms with van der Waals surface area (Å²) in [7, 11) is 0. The molecule has 0 radical (unpaired) electrons. The molecule has 0 bridgehead atoms. The first kappa shape index (κ1) is 11.4. The Balaban J connectivity index is 2.03. The Morgan fingerprint density at radius 1 is 1.20 bits per heavy atom. The van der Waals surface area contributed by atoms with Gasteiger partial charge in [0.1, 0.15) is 0 Å². The molecule has 1 N–H and O–H groups in total. The third-order valence-corrected chi connectivity index (χ3v) is 4.70. The van der Waals surface area contributed by atoms with Crippen LogP contribution in [0.3, 0.4) is 0 Å². The van der Waals surface area contributed by atoms with Crippen molar-refractivity contribution in [3.05, 3.63) is 0 Å². The van der Waals surface area contributed by atoms with Crippen molar-refractivity contribution in [2.75, 3.05) is 19.6 Å². The molecular weight excluding hydrogens is 184 g/mol. The van der Waals surface area contributed by atoms with Crippen LogP contribution in [0.25, 0.3) is 0 Å². The maximum atomic E-state index is 3.67. The highest BCUT2D eigenvalue weighted by Gasteiger charge is 2.40. The summed E-state index contributed by atoms with van der Waals surface area (Å²) in [5.41, 5.74) is 0.863. The smallest absolute Gasteiger partial charge is 0.0278 e. The van der Waals surface area contributed by atoms with Crippen molar-refractivity contribution in [3.8, 4) is 0 Å². The van der Waals surface area contributed by atoms with E-state index in [-0.39, 0.29) is 0 Å². The number of rotatable bonds is 2. The van der Waals surface area contributed by atoms with Gasteiger partial charge < -0.3 is 5.32 Å². The number of piperazine rings is 1. The van der Waals surface area contributed by atoms with Gasteiger partial charge in [-0.3, -0.25) is 4.90 Å². The van der Waals surface area contributed by atoms with Gasteiger partial charge in [0, 0.05) is 30.7 Å². The van der Waals surface area contributed by atoms with Crippen molar-refractivity contribution in [3.63, 3.8) is 0 Å². The summed E-state index contributed by atoms with van der Waals surface area (Å²) in [6, 6.07) is 0. The molecule has 1 aliphatic carbocycles. The monoisotopic (exact) mass is 210 g/mol. The quantitative estimate of drug-likeness (QED) is 0.753. The minimum Gasteiger partial charge on any atom is -0.309 e. The lowest BCUT2D eigenvalue weighted by atomic mass is 9.90. The predicted molar refractivity (Wildman–Crippen MR) is 65.1 cm³/mol. The van der Waals surface area contributed by atoms with Crippen molar-refractivity contribution in [1.82, 2.24) is 10.2 Å². The van der Waals surface area contributed by atoms with Crippen LogP contribution in [-0.2, 0) is 0 Å². The molecule has 1 saturated carbocycles. The van der Waals surface area contributed by atoms with Crippen LogP contribution in [0.5, 0.6) is 0 Å². The van der Waals surface area contributed by atoms with Gasteiger partial charge in [-0.1, -0.05) is 19.8 Å². The maximum absolute atomic E-state index is 3.67. The summed E-state index contributed by atoms with van der Waals surface area (Å²) in [6.07, 6.45) is 6.92. The van der Waals surface area contributed by atoms with E-state index in [0.717, 1.165) is 0 Å². The Hall–Kier alpha value is -0.0800. The molecule has 1 aliphatic heterocycles. The van der Waals surface area contributed by atoms with Gasteiger partial charge in [-0.25, -0.2) is 0 Å². The van der Waals surface area contributed by atoms with Crippen LogP contribution in [0.4, 0.5) is 0 Å². The van der Waals surface area contributed by atoms with Crippen LogP contribution in [0.1, 0.15) is 52.9 Å². The maximum Gasteiger partial charge on any atom is 0.0278 e. The highest BCUT2D eigenvalue weighted by Crippen LogP contribution is 2.36. The molecule has 0 aromatic carbocycles. The third-order valence-electron chi connectivity index (χ3n) is 4.70. The zero-order valence-electron chi connectivity index (χ0n) is 10.6. The van der Waals surface area contributed by atoms with Gasteiger partial charge in [-0.2, -0.15) is 0 Å². The summed E-state index contributed by atoms with van der Waals surface area (Å²) < 4.78 is 0. The average Bonchev–Trinajstić information content (AvgIpc) is 2.67. The van der Waals surface area contributed by atoms with E-state index in [1.54, 1.807) is 0 Å². The molecule has 1 unspecified atom stereocenters. The van der Waals surface area contributed by atoms with Gasteiger partial charge in [-0.15, -0.1) is 0 Å². The minimum atomic E-state index is 0.351. The number of hydrogen-bond acceptors (Lipinski definition) is 2. The van der Waals surface area contributed by atoms with E-state index < -0.39 is 0 Å². The molecule has 2 fully saturated rings. The van der Waals surface area contributed by atoms with Gasteiger partial charge >= 0.3 is 0 Å². The second kappa shape index (κ2) is 4.06. The van der Waals surface area contributed by atoms with Gasteiger partial charge in [0.25, 0.3) is 0 Å². The van der Waals surface area contributed by atoms with E-state index in [4.69, 9.17) is 0 Å². The predicted octanol–water partition coefficient (Wildman–Crippen LogP) is 2.39. The molecule has 2 nitrogen and oxygen atoms in total. The normalized spacial score (nSPS) is 37.0. The van der Waals surface area contributed by atoms with Crippen LogP contribution in [0.15, 0.2) is 0 Å². The molecule has 1 heterocycles. The fourth-order valence-corrected chi connectivity index (χ4v) is 3.20. The minimum absolute atomic E-state index is 0.351. The highest BCUT2D eigenvalue weighted by atomic mass is 15.3. The SMILES string of the molecule is CCC1(C)CN(C2(C)CCCC2)CCN1. The van der Waals surface area contributed by atoms with E-state index >= 15 is 0 Å². The number of hydrogen-bond donors (Lipinski definition) is 1. The standard InChI is InChI=1S/C13H26N2/c1-4-12(2)11-15(10-9-14-12)13(3)7-5-6-8-13/h14H,4-11H2,1-3H3. The second-order valence-electron chi connectivity index (χ2n) is 5.97. The summed E-state index contributed by atoms with van der Waals surface area (Å²) in [5.74, 6) is 0. The number of nitrogens with zero attached hydrogens (tertiary/aromatic N) is 1. The van der Waals surface area contributed by atoms with Gasteiger partial charge in [0.15, 0.2) is 0 Å². The van der Waals surface area contributed by atoms with Crippen LogP contribution in [-0.4, -0.2) is 35.6 Å². The van der Waals surface area contributed by atoms with Gasteiger partial charge in [0.05, 0.1) is 0 Å². The first-order valence-electron chi connectivity index (χ1n) is 6.58. The Morgan fingerprint density at radius 2 is 1.87 bits per heavy atom. The van der Waals surface area contributed by atoms with E-state index in [9.17, 15) is 0 Å². The van der Waals surface area contributed by atoms with Crippen LogP contribution in [0, 0.1) is 0 Å². The van der Waals surface area contributed by atoms with Crippen molar-refractivity contribution in [2.24, 2.45) is 0 Å². The molecule has 2 aliphatic rings. The fraction of sp³-hybridized carbons (Fsp3) is 1.00. The first-order valence-corrected chi connectivity index (χ1v) is 6.58. The molecule has 2 heteroatoms. The molecule has 0 aromatic rings. The lowest BCUT2D eigenvalue weighted by Gasteiger charge is -2.48. The fourth-order valence-electron chi connectivity index (χ4n) is 3.20. The van der Waals surface area contributed by atoms with Crippen LogP contribution >= 0.6 is 0 Å². The molecule has 0 spiro atoms. The number of nitrogens with one attached hydrogen (secondary N) is 1. The van der Waals surface area contributed by atoms with E-state index in [0.29, 0.717) is 11.1 Å². The summed E-state index contributed by atoms with van der Waals surface area (Å²) in [5, 5.41) is 3.67. The molecule has 15 heavy (non-hydrogen) atoms. The zero-order chi connectivity index (χ0) is 10.9. The van der Waals surface area contributed by atoms with Crippen LogP contribution in [0.2, 0.25) is 0 Å². The zero-order valence-corrected chi connectivity index (χ0v) is 10.6. The Kier molecular flexibility index (Phi) is 3.09. The van der Waals surface area contributed by atoms with Crippen molar-refractivity contribution in [2.45, 2.75) is 64.0 Å². The second-order valence-corrected chi connectivity index (χ2v) is 5.97. The van der Waals surface area contributed by atoms with Crippen molar-refractivity contribution < 1.29 is 0 Å². The summed E-state index contributed by atoms with van der Waals surface area (Å²) in [6.45, 7) is 10.8. The topological polar surface area (TPSA) is 15.3 Å². The average molecular weight is 210 g/mol. The van der Waals surface area contributed by atoms with E-state index in [2.05, 4.69) is 31.0 Å². The largest absolute Gasteiger partial charge is 0.309 e. The Morgan fingerprint density at radius 3 is 2.47 bits per heavy atom.